The lowest BCUT2D eigenvalue weighted by Crippen LogP contribution is -2.36. The van der Waals surface area contributed by atoms with E-state index >= 15 is 0 Å². The van der Waals surface area contributed by atoms with Gasteiger partial charge in [0.05, 0.1) is 18.1 Å². The van der Waals surface area contributed by atoms with Gasteiger partial charge in [0.25, 0.3) is 5.56 Å². The summed E-state index contributed by atoms with van der Waals surface area (Å²) in [6.45, 7) is 0. The van der Waals surface area contributed by atoms with E-state index in [1.807, 2.05) is 5.32 Å². The summed E-state index contributed by atoms with van der Waals surface area (Å²) in [6, 6.07) is 1.11. The van der Waals surface area contributed by atoms with Crippen molar-refractivity contribution in [2.24, 2.45) is 5.92 Å². The van der Waals surface area contributed by atoms with Crippen molar-refractivity contribution in [1.82, 2.24) is 15.3 Å². The minimum Gasteiger partial charge on any atom is -0.497 e. The minimum absolute atomic E-state index is 0.267. The maximum atomic E-state index is 14.2. The maximum Gasteiger partial charge on any atom is 0.372 e. The number of allylic oxidation sites excluding steroid dienone is 1. The number of halogens is 2. The number of methoxy groups -OCH3 is 1. The third-order valence-electron chi connectivity index (χ3n) is 3.75. The van der Waals surface area contributed by atoms with Crippen molar-refractivity contribution in [2.45, 2.75) is 25.3 Å². The third-order valence-corrected chi connectivity index (χ3v) is 3.75. The van der Waals surface area contributed by atoms with Crippen LogP contribution >= 0.6 is 0 Å². The van der Waals surface area contributed by atoms with E-state index in [1.165, 1.54) is 25.4 Å². The fraction of sp³-hybridized carbons (Fsp3) is 0.375. The van der Waals surface area contributed by atoms with Gasteiger partial charge in [0.1, 0.15) is 5.75 Å². The smallest absolute Gasteiger partial charge is 0.372 e. The van der Waals surface area contributed by atoms with Gasteiger partial charge in [0.2, 0.25) is 0 Å². The molecule has 2 N–H and O–H groups in total. The Balaban J connectivity index is 1.86. The molecule has 0 amide bonds. The van der Waals surface area contributed by atoms with Crippen LogP contribution in [-0.4, -0.2) is 17.1 Å². The van der Waals surface area contributed by atoms with Crippen molar-refractivity contribution in [3.8, 4) is 5.75 Å². The van der Waals surface area contributed by atoms with Crippen molar-refractivity contribution in [3.63, 3.8) is 0 Å². The van der Waals surface area contributed by atoms with Crippen LogP contribution in [0.5, 0.6) is 5.75 Å². The van der Waals surface area contributed by atoms with Gasteiger partial charge in [-0.15, -0.1) is 0 Å². The number of aromatic amines is 1. The van der Waals surface area contributed by atoms with Gasteiger partial charge in [-0.2, -0.15) is 8.78 Å². The number of hydrogen-bond acceptors (Lipinski definition) is 4. The van der Waals surface area contributed by atoms with Crippen LogP contribution in [0.2, 0.25) is 0 Å². The molecule has 1 fully saturated rings. The van der Waals surface area contributed by atoms with Gasteiger partial charge in [0, 0.05) is 6.07 Å². The van der Waals surface area contributed by atoms with Crippen molar-refractivity contribution >= 4 is 11.0 Å². The first kappa shape index (κ1) is 15.5. The molecule has 0 bridgehead atoms. The summed E-state index contributed by atoms with van der Waals surface area (Å²) in [5.41, 5.74) is -1.17. The van der Waals surface area contributed by atoms with Crippen LogP contribution in [-0.2, 0) is 6.05 Å². The Morgan fingerprint density at radius 3 is 2.96 bits per heavy atom. The highest BCUT2D eigenvalue weighted by atomic mass is 19.3. The second kappa shape index (κ2) is 5.98. The zero-order valence-corrected chi connectivity index (χ0v) is 12.6. The summed E-state index contributed by atoms with van der Waals surface area (Å²) in [6.07, 6.45) is 5.92. The van der Waals surface area contributed by atoms with Gasteiger partial charge in [-0.1, -0.05) is 6.08 Å². The number of nitrogens with one attached hydrogen (secondary N) is 2. The highest BCUT2D eigenvalue weighted by molar-refractivity contribution is 5.75. The van der Waals surface area contributed by atoms with Crippen molar-refractivity contribution < 1.29 is 13.5 Å². The Kier molecular flexibility index (Phi) is 4.02. The predicted molar refractivity (Wildman–Crippen MR) is 82.4 cm³/mol. The first-order valence-electron chi connectivity index (χ1n) is 7.38. The lowest BCUT2D eigenvalue weighted by atomic mass is 10.2. The zero-order chi connectivity index (χ0) is 16.4. The topological polar surface area (TPSA) is 67.0 Å². The molecule has 0 radical (unpaired) electrons. The molecule has 23 heavy (non-hydrogen) atoms. The number of aromatic nitrogens is 2. The van der Waals surface area contributed by atoms with Gasteiger partial charge in [0.15, 0.2) is 5.69 Å². The average Bonchev–Trinajstić information content (AvgIpc) is 3.34. The van der Waals surface area contributed by atoms with E-state index in [4.69, 9.17) is 4.74 Å². The number of hydrogen-bond donors (Lipinski definition) is 2. The Morgan fingerprint density at radius 2 is 2.26 bits per heavy atom. The van der Waals surface area contributed by atoms with Gasteiger partial charge >= 0.3 is 6.05 Å². The van der Waals surface area contributed by atoms with Gasteiger partial charge in [-0.3, -0.25) is 4.79 Å². The van der Waals surface area contributed by atoms with Crippen LogP contribution in [0.25, 0.3) is 11.0 Å². The highest BCUT2D eigenvalue weighted by Crippen LogP contribution is 2.32. The molecule has 2 aromatic rings. The van der Waals surface area contributed by atoms with E-state index in [1.54, 1.807) is 12.1 Å². The van der Waals surface area contributed by atoms with Gasteiger partial charge in [-0.25, -0.2) is 4.98 Å². The summed E-state index contributed by atoms with van der Waals surface area (Å²) in [5.74, 6) is 1.12. The normalized spacial score (nSPS) is 15.3. The molecule has 1 aromatic carbocycles. The lowest BCUT2D eigenvalue weighted by molar-refractivity contribution is -0.0330. The largest absolute Gasteiger partial charge is 0.497 e. The molecule has 1 aliphatic rings. The second-order valence-corrected chi connectivity index (χ2v) is 5.60. The van der Waals surface area contributed by atoms with E-state index in [2.05, 4.69) is 9.97 Å². The van der Waals surface area contributed by atoms with E-state index in [0.29, 0.717) is 17.2 Å². The fourth-order valence-electron chi connectivity index (χ4n) is 2.25. The van der Waals surface area contributed by atoms with E-state index in [0.717, 1.165) is 19.3 Å². The molecule has 1 aromatic heterocycles. The lowest BCUT2D eigenvalue weighted by Gasteiger charge is -2.15. The Bertz CT molecular complexity index is 798. The molecule has 0 spiro atoms. The van der Waals surface area contributed by atoms with Gasteiger partial charge in [-0.05, 0) is 43.5 Å². The molecular weight excluding hydrogens is 304 g/mol. The molecule has 3 rings (SSSR count). The summed E-state index contributed by atoms with van der Waals surface area (Å²) < 4.78 is 33.4. The molecule has 0 unspecified atom stereocenters. The molecule has 7 heteroatoms. The highest BCUT2D eigenvalue weighted by Gasteiger charge is 2.35. The van der Waals surface area contributed by atoms with Crippen LogP contribution in [0.1, 0.15) is 25.0 Å². The molecule has 0 saturated heterocycles. The maximum absolute atomic E-state index is 14.2. The summed E-state index contributed by atoms with van der Waals surface area (Å²) in [5, 5.41) is 1.97. The fourth-order valence-corrected chi connectivity index (χ4v) is 2.25. The zero-order valence-electron chi connectivity index (χ0n) is 12.6. The minimum atomic E-state index is -3.54. The van der Waals surface area contributed by atoms with Crippen molar-refractivity contribution in [3.05, 3.63) is 46.5 Å². The second-order valence-electron chi connectivity index (χ2n) is 5.60. The third kappa shape index (κ3) is 3.49. The van der Waals surface area contributed by atoms with E-state index in [-0.39, 0.29) is 5.52 Å². The van der Waals surface area contributed by atoms with Crippen molar-refractivity contribution in [1.29, 1.82) is 0 Å². The molecule has 122 valence electrons. The first-order valence-corrected chi connectivity index (χ1v) is 7.38. The number of fused-ring (bicyclic) bond motifs is 1. The Hall–Kier alpha value is -2.44. The summed E-state index contributed by atoms with van der Waals surface area (Å²) in [4.78, 5) is 18.1. The molecule has 1 saturated carbocycles. The van der Waals surface area contributed by atoms with E-state index < -0.39 is 17.3 Å². The molecule has 1 aliphatic carbocycles. The quantitative estimate of drug-likeness (QED) is 0.803. The number of alkyl halides is 2. The molecule has 0 atom stereocenters. The monoisotopic (exact) mass is 321 g/mol. The number of nitrogens with zero attached hydrogens (tertiary/aromatic N) is 1. The summed E-state index contributed by atoms with van der Waals surface area (Å²) >= 11 is 0. The molecule has 1 heterocycles. The number of H-pyrrole nitrogens is 1. The van der Waals surface area contributed by atoms with Gasteiger partial charge < -0.3 is 15.0 Å². The predicted octanol–water partition coefficient (Wildman–Crippen LogP) is 2.88. The average molecular weight is 321 g/mol. The van der Waals surface area contributed by atoms with Crippen LogP contribution in [0.3, 0.4) is 0 Å². The van der Waals surface area contributed by atoms with Crippen LogP contribution in [0.4, 0.5) is 8.78 Å². The molecular formula is C16H17F2N3O2. The number of benzene rings is 1. The van der Waals surface area contributed by atoms with Crippen LogP contribution in [0.15, 0.2) is 35.3 Å². The summed E-state index contributed by atoms with van der Waals surface area (Å²) in [7, 11) is 1.48. The first-order chi connectivity index (χ1) is 11.0. The number of ether oxygens (including phenoxy) is 1. The van der Waals surface area contributed by atoms with Crippen LogP contribution in [0, 0.1) is 5.92 Å². The number of rotatable bonds is 6. The van der Waals surface area contributed by atoms with E-state index in [9.17, 15) is 13.6 Å². The molecule has 0 aliphatic heterocycles. The van der Waals surface area contributed by atoms with Crippen molar-refractivity contribution in [2.75, 3.05) is 7.11 Å². The SMILES string of the molecule is COc1ccc2nc(C(F)(F)N/C=C/CC3CC3)c(=O)[nH]c2c1. The molecule has 5 nitrogen and oxygen atoms in total. The Labute approximate surface area is 131 Å². The Morgan fingerprint density at radius 1 is 1.48 bits per heavy atom. The standard InChI is InChI=1S/C16H17F2N3O2/c1-23-11-6-7-12-13(9-11)21-15(22)14(20-12)16(17,18)19-8-2-3-10-4-5-10/h2,6-10,19H,3-5H2,1H3,(H,21,22)/b8-2+. The van der Waals surface area contributed by atoms with Crippen LogP contribution < -0.4 is 15.6 Å².